The van der Waals surface area contributed by atoms with Crippen LogP contribution in [0.1, 0.15) is 13.8 Å². The maximum Gasteiger partial charge on any atom is 0.260 e. The van der Waals surface area contributed by atoms with Crippen molar-refractivity contribution in [2.24, 2.45) is 0 Å². The first-order chi connectivity index (χ1) is 4.63. The van der Waals surface area contributed by atoms with E-state index < -0.39 is 0 Å². The van der Waals surface area contributed by atoms with Crippen LogP contribution in [-0.4, -0.2) is 24.0 Å². The molecule has 0 aromatic heterocycles. The lowest BCUT2D eigenvalue weighted by molar-refractivity contribution is -0.130. The van der Waals surface area contributed by atoms with Crippen LogP contribution in [0.15, 0.2) is 12.7 Å². The van der Waals surface area contributed by atoms with Crippen LogP contribution >= 0.6 is 0 Å². The number of hydrogen-bond acceptors (Lipinski definition) is 2. The fourth-order valence-corrected chi connectivity index (χ4v) is 0.721. The highest BCUT2D eigenvalue weighted by Gasteiger charge is 2.10. The first-order valence-electron chi connectivity index (χ1n) is 3.26. The summed E-state index contributed by atoms with van der Waals surface area (Å²) in [5.74, 6) is -0.0995. The van der Waals surface area contributed by atoms with E-state index in [0.717, 1.165) is 0 Å². The molecule has 0 saturated carbocycles. The predicted molar refractivity (Wildman–Crippen MR) is 41.2 cm³/mol. The Bertz CT molecular complexity index is 132. The Morgan fingerprint density at radius 1 is 1.70 bits per heavy atom. The van der Waals surface area contributed by atoms with Crippen molar-refractivity contribution in [2.45, 2.75) is 19.9 Å². The van der Waals surface area contributed by atoms with Gasteiger partial charge in [-0.2, -0.15) is 0 Å². The Morgan fingerprint density at radius 3 is 2.30 bits per heavy atom. The van der Waals surface area contributed by atoms with Gasteiger partial charge in [-0.1, -0.05) is 6.58 Å². The SMILES string of the molecule is C=CC(=O)N(NC)C(C)C. The van der Waals surface area contributed by atoms with Gasteiger partial charge in [-0.25, -0.2) is 5.43 Å². The average molecular weight is 142 g/mol. The number of carbonyl (C=O) groups excluding carboxylic acids is 1. The predicted octanol–water partition coefficient (Wildman–Crippen LogP) is 0.544. The van der Waals surface area contributed by atoms with Crippen LogP contribution in [0.25, 0.3) is 0 Å². The summed E-state index contributed by atoms with van der Waals surface area (Å²) in [6, 6.07) is 0.162. The first-order valence-corrected chi connectivity index (χ1v) is 3.26. The second kappa shape index (κ2) is 4.06. The number of hydrazine groups is 1. The van der Waals surface area contributed by atoms with E-state index in [9.17, 15) is 4.79 Å². The maximum atomic E-state index is 10.9. The molecule has 0 aromatic rings. The van der Waals surface area contributed by atoms with Crippen molar-refractivity contribution < 1.29 is 4.79 Å². The van der Waals surface area contributed by atoms with E-state index in [0.29, 0.717) is 0 Å². The molecule has 0 aromatic carbocycles. The first kappa shape index (κ1) is 9.17. The van der Waals surface area contributed by atoms with Crippen molar-refractivity contribution >= 4 is 5.91 Å². The summed E-state index contributed by atoms with van der Waals surface area (Å²) in [7, 11) is 1.71. The Labute approximate surface area is 61.7 Å². The standard InChI is InChI=1S/C7H14N2O/c1-5-7(10)9(8-4)6(2)3/h5-6,8H,1H2,2-4H3. The van der Waals surface area contributed by atoms with E-state index in [1.54, 1.807) is 7.05 Å². The molecular weight excluding hydrogens is 128 g/mol. The van der Waals surface area contributed by atoms with Crippen LogP contribution in [0.2, 0.25) is 0 Å². The second-order valence-corrected chi connectivity index (χ2v) is 2.23. The number of amides is 1. The summed E-state index contributed by atoms with van der Waals surface area (Å²) < 4.78 is 0. The van der Waals surface area contributed by atoms with Gasteiger partial charge in [0.25, 0.3) is 5.91 Å². The van der Waals surface area contributed by atoms with Gasteiger partial charge in [0.15, 0.2) is 0 Å². The van der Waals surface area contributed by atoms with Crippen molar-refractivity contribution in [3.63, 3.8) is 0 Å². The summed E-state index contributed by atoms with van der Waals surface area (Å²) in [6.07, 6.45) is 1.29. The monoisotopic (exact) mass is 142 g/mol. The van der Waals surface area contributed by atoms with Gasteiger partial charge in [0.1, 0.15) is 0 Å². The van der Waals surface area contributed by atoms with Gasteiger partial charge in [-0.15, -0.1) is 0 Å². The lowest BCUT2D eigenvalue weighted by Crippen LogP contribution is -2.44. The van der Waals surface area contributed by atoms with Crippen molar-refractivity contribution in [1.29, 1.82) is 0 Å². The molecular formula is C7H14N2O. The van der Waals surface area contributed by atoms with Crippen molar-refractivity contribution in [2.75, 3.05) is 7.05 Å². The number of nitrogens with zero attached hydrogens (tertiary/aromatic N) is 1. The number of rotatable bonds is 3. The zero-order chi connectivity index (χ0) is 8.15. The third-order valence-electron chi connectivity index (χ3n) is 1.17. The molecule has 0 spiro atoms. The number of nitrogens with one attached hydrogen (secondary N) is 1. The van der Waals surface area contributed by atoms with Crippen LogP contribution in [0.3, 0.4) is 0 Å². The zero-order valence-corrected chi connectivity index (χ0v) is 6.72. The van der Waals surface area contributed by atoms with Crippen LogP contribution in [-0.2, 0) is 4.79 Å². The molecule has 1 amide bonds. The summed E-state index contributed by atoms with van der Waals surface area (Å²) in [4.78, 5) is 10.9. The second-order valence-electron chi connectivity index (χ2n) is 2.23. The summed E-state index contributed by atoms with van der Waals surface area (Å²) in [6.45, 7) is 7.24. The van der Waals surface area contributed by atoms with Gasteiger partial charge in [0.05, 0.1) is 0 Å². The van der Waals surface area contributed by atoms with E-state index in [4.69, 9.17) is 0 Å². The van der Waals surface area contributed by atoms with Crippen molar-refractivity contribution in [1.82, 2.24) is 10.4 Å². The zero-order valence-electron chi connectivity index (χ0n) is 6.72. The molecule has 3 heteroatoms. The quantitative estimate of drug-likeness (QED) is 0.461. The van der Waals surface area contributed by atoms with Gasteiger partial charge in [0.2, 0.25) is 0 Å². The van der Waals surface area contributed by atoms with Crippen LogP contribution < -0.4 is 5.43 Å². The fourth-order valence-electron chi connectivity index (χ4n) is 0.721. The van der Waals surface area contributed by atoms with Gasteiger partial charge >= 0.3 is 0 Å². The average Bonchev–Trinajstić information content (AvgIpc) is 1.88. The Balaban J connectivity index is 4.06. The molecule has 0 aliphatic rings. The van der Waals surface area contributed by atoms with Gasteiger partial charge < -0.3 is 0 Å². The van der Waals surface area contributed by atoms with Crippen molar-refractivity contribution in [3.05, 3.63) is 12.7 Å². The largest absolute Gasteiger partial charge is 0.272 e. The highest BCUT2D eigenvalue weighted by Crippen LogP contribution is 1.93. The highest BCUT2D eigenvalue weighted by molar-refractivity contribution is 5.86. The number of carbonyl (C=O) groups is 1. The normalized spacial score (nSPS) is 9.60. The van der Waals surface area contributed by atoms with E-state index in [1.807, 2.05) is 13.8 Å². The number of hydrogen-bond donors (Lipinski definition) is 1. The lowest BCUT2D eigenvalue weighted by Gasteiger charge is -2.23. The molecule has 0 atom stereocenters. The minimum absolute atomic E-state index is 0.0995. The minimum Gasteiger partial charge on any atom is -0.272 e. The molecule has 0 radical (unpaired) electrons. The van der Waals surface area contributed by atoms with Gasteiger partial charge in [-0.05, 0) is 19.9 Å². The molecule has 1 N–H and O–H groups in total. The molecule has 0 aliphatic heterocycles. The maximum absolute atomic E-state index is 10.9. The molecule has 0 rings (SSSR count). The fraction of sp³-hybridized carbons (Fsp3) is 0.571. The van der Waals surface area contributed by atoms with Crippen LogP contribution in [0.4, 0.5) is 0 Å². The smallest absolute Gasteiger partial charge is 0.260 e. The summed E-state index contributed by atoms with van der Waals surface area (Å²) in [5, 5.41) is 1.51. The third-order valence-corrected chi connectivity index (χ3v) is 1.17. The molecule has 58 valence electrons. The molecule has 3 nitrogen and oxygen atoms in total. The molecule has 0 bridgehead atoms. The molecule has 0 heterocycles. The van der Waals surface area contributed by atoms with E-state index in [2.05, 4.69) is 12.0 Å². The van der Waals surface area contributed by atoms with E-state index in [-0.39, 0.29) is 11.9 Å². The van der Waals surface area contributed by atoms with Crippen LogP contribution in [0.5, 0.6) is 0 Å². The van der Waals surface area contributed by atoms with Crippen LogP contribution in [0, 0.1) is 0 Å². The van der Waals surface area contributed by atoms with Gasteiger partial charge in [-0.3, -0.25) is 9.80 Å². The van der Waals surface area contributed by atoms with E-state index in [1.165, 1.54) is 11.1 Å². The Morgan fingerprint density at radius 2 is 2.20 bits per heavy atom. The lowest BCUT2D eigenvalue weighted by atomic mass is 10.3. The summed E-state index contributed by atoms with van der Waals surface area (Å²) in [5.41, 5.74) is 2.76. The Kier molecular flexibility index (Phi) is 3.72. The molecule has 10 heavy (non-hydrogen) atoms. The highest BCUT2D eigenvalue weighted by atomic mass is 16.2. The molecule has 0 saturated heterocycles. The molecule has 0 aliphatic carbocycles. The third kappa shape index (κ3) is 2.19. The Hall–Kier alpha value is -0.830. The van der Waals surface area contributed by atoms with Gasteiger partial charge in [0, 0.05) is 13.1 Å². The molecule has 0 unspecified atom stereocenters. The molecule has 0 fully saturated rings. The topological polar surface area (TPSA) is 32.3 Å². The van der Waals surface area contributed by atoms with E-state index >= 15 is 0 Å². The summed E-state index contributed by atoms with van der Waals surface area (Å²) >= 11 is 0. The van der Waals surface area contributed by atoms with Crippen molar-refractivity contribution in [3.8, 4) is 0 Å². The minimum atomic E-state index is -0.0995.